The Balaban J connectivity index is 1.97. The quantitative estimate of drug-likeness (QED) is 0.878. The molecule has 3 atom stereocenters. The van der Waals surface area contributed by atoms with Crippen LogP contribution in [-0.2, 0) is 15.1 Å². The molecule has 1 fully saturated rings. The summed E-state index contributed by atoms with van der Waals surface area (Å²) in [4.78, 5) is 12.5. The monoisotopic (exact) mass is 304 g/mol. The van der Waals surface area contributed by atoms with Crippen LogP contribution in [0.1, 0.15) is 39.2 Å². The molecule has 1 saturated heterocycles. The molecule has 4 heteroatoms. The molecule has 3 N–H and O–H groups in total. The lowest BCUT2D eigenvalue weighted by molar-refractivity contribution is -0.127. The summed E-state index contributed by atoms with van der Waals surface area (Å²) in [6, 6.07) is 9.50. The maximum atomic E-state index is 12.5. The summed E-state index contributed by atoms with van der Waals surface area (Å²) in [5.74, 6) is 0.691. The first-order valence-electron chi connectivity index (χ1n) is 8.17. The second-order valence-corrected chi connectivity index (χ2v) is 6.76. The predicted octanol–water partition coefficient (Wildman–Crippen LogP) is 2.43. The van der Waals surface area contributed by atoms with Crippen molar-refractivity contribution in [3.05, 3.63) is 35.9 Å². The zero-order valence-corrected chi connectivity index (χ0v) is 13.8. The van der Waals surface area contributed by atoms with Gasteiger partial charge in [-0.1, -0.05) is 44.2 Å². The zero-order chi connectivity index (χ0) is 16.2. The number of rotatable bonds is 5. The fourth-order valence-corrected chi connectivity index (χ4v) is 3.14. The second kappa shape index (κ2) is 7.25. The topological polar surface area (TPSA) is 64.3 Å². The van der Waals surface area contributed by atoms with E-state index in [-0.39, 0.29) is 12.0 Å². The Kier molecular flexibility index (Phi) is 5.59. The van der Waals surface area contributed by atoms with Crippen molar-refractivity contribution in [2.75, 3.05) is 13.2 Å². The zero-order valence-electron chi connectivity index (χ0n) is 13.8. The largest absolute Gasteiger partial charge is 0.378 e. The highest BCUT2D eigenvalue weighted by Gasteiger charge is 2.33. The number of ether oxygens (including phenoxy) is 1. The Morgan fingerprint density at radius 1 is 1.41 bits per heavy atom. The Morgan fingerprint density at radius 3 is 2.73 bits per heavy atom. The number of nitrogens with one attached hydrogen (secondary N) is 1. The SMILES string of the molecule is CC(C)C1OCCCC1CNC(=O)C(C)(N)c1ccccc1. The van der Waals surface area contributed by atoms with E-state index >= 15 is 0 Å². The summed E-state index contributed by atoms with van der Waals surface area (Å²) in [5, 5.41) is 3.03. The van der Waals surface area contributed by atoms with Gasteiger partial charge in [0.15, 0.2) is 0 Å². The molecular formula is C18H28N2O2. The summed E-state index contributed by atoms with van der Waals surface area (Å²) >= 11 is 0. The highest BCUT2D eigenvalue weighted by molar-refractivity contribution is 5.86. The first kappa shape index (κ1) is 17.0. The third-order valence-corrected chi connectivity index (χ3v) is 4.52. The lowest BCUT2D eigenvalue weighted by Crippen LogP contribution is -2.51. The molecule has 1 aliphatic heterocycles. The van der Waals surface area contributed by atoms with E-state index in [0.717, 1.165) is 25.0 Å². The molecule has 0 radical (unpaired) electrons. The molecule has 1 aliphatic rings. The molecule has 0 bridgehead atoms. The lowest BCUT2D eigenvalue weighted by Gasteiger charge is -2.35. The average Bonchev–Trinajstić information content (AvgIpc) is 2.53. The van der Waals surface area contributed by atoms with Crippen LogP contribution in [0.15, 0.2) is 30.3 Å². The van der Waals surface area contributed by atoms with Crippen molar-refractivity contribution in [3.8, 4) is 0 Å². The van der Waals surface area contributed by atoms with Crippen molar-refractivity contribution in [2.24, 2.45) is 17.6 Å². The third kappa shape index (κ3) is 3.87. The van der Waals surface area contributed by atoms with E-state index in [1.165, 1.54) is 0 Å². The van der Waals surface area contributed by atoms with Gasteiger partial charge in [-0.3, -0.25) is 4.79 Å². The summed E-state index contributed by atoms with van der Waals surface area (Å²) in [7, 11) is 0. The van der Waals surface area contributed by atoms with Crippen LogP contribution in [0.25, 0.3) is 0 Å². The van der Waals surface area contributed by atoms with E-state index in [1.54, 1.807) is 6.92 Å². The Bertz CT molecular complexity index is 485. The van der Waals surface area contributed by atoms with Crippen molar-refractivity contribution in [3.63, 3.8) is 0 Å². The lowest BCUT2D eigenvalue weighted by atomic mass is 9.86. The Morgan fingerprint density at radius 2 is 2.09 bits per heavy atom. The molecule has 3 unspecified atom stereocenters. The molecule has 22 heavy (non-hydrogen) atoms. The molecule has 0 aromatic heterocycles. The van der Waals surface area contributed by atoms with E-state index in [0.29, 0.717) is 18.4 Å². The molecule has 4 nitrogen and oxygen atoms in total. The van der Waals surface area contributed by atoms with Gasteiger partial charge in [0.05, 0.1) is 6.10 Å². The van der Waals surface area contributed by atoms with Gasteiger partial charge in [-0.25, -0.2) is 0 Å². The normalized spacial score (nSPS) is 24.8. The van der Waals surface area contributed by atoms with Gasteiger partial charge < -0.3 is 15.8 Å². The number of benzene rings is 1. The molecule has 0 saturated carbocycles. The van der Waals surface area contributed by atoms with Crippen molar-refractivity contribution in [1.29, 1.82) is 0 Å². The van der Waals surface area contributed by atoms with E-state index in [1.807, 2.05) is 30.3 Å². The number of amides is 1. The molecular weight excluding hydrogens is 276 g/mol. The first-order chi connectivity index (χ1) is 10.4. The molecule has 1 aromatic rings. The van der Waals surface area contributed by atoms with E-state index < -0.39 is 5.54 Å². The van der Waals surface area contributed by atoms with E-state index in [4.69, 9.17) is 10.5 Å². The minimum Gasteiger partial charge on any atom is -0.378 e. The fraction of sp³-hybridized carbons (Fsp3) is 0.611. The van der Waals surface area contributed by atoms with Crippen LogP contribution in [0.3, 0.4) is 0 Å². The van der Waals surface area contributed by atoms with Crippen LogP contribution < -0.4 is 11.1 Å². The summed E-state index contributed by atoms with van der Waals surface area (Å²) < 4.78 is 5.87. The van der Waals surface area contributed by atoms with Gasteiger partial charge in [0.1, 0.15) is 5.54 Å². The van der Waals surface area contributed by atoms with Crippen molar-refractivity contribution in [1.82, 2.24) is 5.32 Å². The first-order valence-corrected chi connectivity index (χ1v) is 8.17. The molecule has 1 heterocycles. The van der Waals surface area contributed by atoms with Gasteiger partial charge in [0.2, 0.25) is 5.91 Å². The van der Waals surface area contributed by atoms with Gasteiger partial charge >= 0.3 is 0 Å². The summed E-state index contributed by atoms with van der Waals surface area (Å²) in [6.07, 6.45) is 2.37. The highest BCUT2D eigenvalue weighted by atomic mass is 16.5. The van der Waals surface area contributed by atoms with Crippen LogP contribution in [0, 0.1) is 11.8 Å². The van der Waals surface area contributed by atoms with Gasteiger partial charge in [-0.15, -0.1) is 0 Å². The fourth-order valence-electron chi connectivity index (χ4n) is 3.14. The highest BCUT2D eigenvalue weighted by Crippen LogP contribution is 2.26. The summed E-state index contributed by atoms with van der Waals surface area (Å²) in [5.41, 5.74) is 6.07. The van der Waals surface area contributed by atoms with Crippen LogP contribution in [0.5, 0.6) is 0 Å². The van der Waals surface area contributed by atoms with Crippen molar-refractivity contribution in [2.45, 2.75) is 45.3 Å². The van der Waals surface area contributed by atoms with Crippen molar-refractivity contribution >= 4 is 5.91 Å². The number of hydrogen-bond donors (Lipinski definition) is 2. The van der Waals surface area contributed by atoms with Crippen LogP contribution in [0.4, 0.5) is 0 Å². The van der Waals surface area contributed by atoms with Crippen LogP contribution >= 0.6 is 0 Å². The number of nitrogens with two attached hydrogens (primary N) is 1. The van der Waals surface area contributed by atoms with Gasteiger partial charge in [0.25, 0.3) is 0 Å². The van der Waals surface area contributed by atoms with E-state index in [2.05, 4.69) is 19.2 Å². The van der Waals surface area contributed by atoms with Crippen molar-refractivity contribution < 1.29 is 9.53 Å². The smallest absolute Gasteiger partial charge is 0.244 e. The average molecular weight is 304 g/mol. The molecule has 0 spiro atoms. The predicted molar refractivity (Wildman–Crippen MR) is 88.3 cm³/mol. The van der Waals surface area contributed by atoms with Gasteiger partial charge in [0, 0.05) is 19.1 Å². The maximum Gasteiger partial charge on any atom is 0.244 e. The third-order valence-electron chi connectivity index (χ3n) is 4.52. The standard InChI is InChI=1S/C18H28N2O2/c1-13(2)16-14(8-7-11-22-16)12-20-17(21)18(3,19)15-9-5-4-6-10-15/h4-6,9-10,13-14,16H,7-8,11-12,19H2,1-3H3,(H,20,21). The minimum atomic E-state index is -1.01. The molecule has 1 amide bonds. The van der Waals surface area contributed by atoms with Crippen LogP contribution in [0.2, 0.25) is 0 Å². The molecule has 122 valence electrons. The maximum absolute atomic E-state index is 12.5. The number of carbonyl (C=O) groups is 1. The van der Waals surface area contributed by atoms with Crippen LogP contribution in [-0.4, -0.2) is 25.2 Å². The Labute approximate surface area is 133 Å². The molecule has 0 aliphatic carbocycles. The second-order valence-electron chi connectivity index (χ2n) is 6.76. The minimum absolute atomic E-state index is 0.133. The van der Waals surface area contributed by atoms with Gasteiger partial charge in [-0.05, 0) is 31.2 Å². The summed E-state index contributed by atoms with van der Waals surface area (Å²) in [6.45, 7) is 7.55. The molecule has 2 rings (SSSR count). The van der Waals surface area contributed by atoms with E-state index in [9.17, 15) is 4.79 Å². The number of hydrogen-bond acceptors (Lipinski definition) is 3. The molecule has 1 aromatic carbocycles. The van der Waals surface area contributed by atoms with Gasteiger partial charge in [-0.2, -0.15) is 0 Å². The Hall–Kier alpha value is -1.39. The number of carbonyl (C=O) groups excluding carboxylic acids is 1.